The number of amides is 1. The summed E-state index contributed by atoms with van der Waals surface area (Å²) in [6.45, 7) is 12.4. The Morgan fingerprint density at radius 1 is 0.984 bits per heavy atom. The summed E-state index contributed by atoms with van der Waals surface area (Å²) in [4.78, 5) is 31.8. The fraction of sp³-hybridized carbons (Fsp3) is 0.383. The molecule has 0 spiro atoms. The number of nitrogens with zero attached hydrogens (tertiary/aromatic N) is 9. The number of fused-ring (bicyclic) bond motifs is 3. The van der Waals surface area contributed by atoms with Gasteiger partial charge < -0.3 is 25.1 Å². The van der Waals surface area contributed by atoms with E-state index in [-0.39, 0.29) is 46.1 Å². The first kappa shape index (κ1) is 40.5. The highest BCUT2D eigenvalue weighted by Crippen LogP contribution is 2.53. The second-order valence-corrected chi connectivity index (χ2v) is 18.3. The van der Waals surface area contributed by atoms with Crippen LogP contribution in [0.1, 0.15) is 97.4 Å². The maximum Gasteiger partial charge on any atom is 0.338 e. The number of carbonyl (C=O) groups is 1. The van der Waals surface area contributed by atoms with Crippen molar-refractivity contribution in [2.45, 2.75) is 90.3 Å². The first-order chi connectivity index (χ1) is 30.0. The molecule has 326 valence electrons. The quantitative estimate of drug-likeness (QED) is 0.0730. The van der Waals surface area contributed by atoms with Crippen LogP contribution >= 0.6 is 0 Å². The first-order valence-electron chi connectivity index (χ1n) is 21.4. The number of hydrogen-bond donors (Lipinski definition) is 2. The number of ether oxygens (including phenoxy) is 1. The van der Waals surface area contributed by atoms with Crippen LogP contribution in [0.5, 0.6) is 0 Å². The summed E-state index contributed by atoms with van der Waals surface area (Å²) in [5.74, 6) is -0.589. The normalized spacial score (nSPS) is 22.3. The molecule has 1 amide bonds. The standard InChI is InChI=1S/C47H50F2N10O4/c1-25-18-32(19-26(2)40(25)48)59-42(57-16-15-56(45(57)61)37-11-10-36-33(41(37)49)24-51-54(36)7)39-28(4)55(14-12-34(39)52-59)43(60)38-21-31-20-29(30-13-17-63-46(5,6)23-30)8-9-35(31)58(38)47(22-27(47)3)44(50)53-62/h8-11,15-16,18-21,24,27-28,30,62H,12-14,17,22-23H2,1-7H3,(H2,50,53)/t27-,28-,30-,47-/m0/s1. The van der Waals surface area contributed by atoms with Crippen molar-refractivity contribution in [3.8, 4) is 17.2 Å². The van der Waals surface area contributed by atoms with Gasteiger partial charge in [-0.05, 0) is 125 Å². The van der Waals surface area contributed by atoms with Gasteiger partial charge >= 0.3 is 5.69 Å². The molecule has 0 bridgehead atoms. The molecule has 3 aromatic carbocycles. The number of oxime groups is 1. The highest BCUT2D eigenvalue weighted by Gasteiger charge is 2.59. The lowest BCUT2D eigenvalue weighted by Crippen LogP contribution is -2.43. The van der Waals surface area contributed by atoms with Gasteiger partial charge in [-0.3, -0.25) is 18.6 Å². The smallest absolute Gasteiger partial charge is 0.338 e. The van der Waals surface area contributed by atoms with Gasteiger partial charge in [0, 0.05) is 55.5 Å². The van der Waals surface area contributed by atoms with Crippen LogP contribution in [0.4, 0.5) is 8.78 Å². The maximum absolute atomic E-state index is 16.1. The molecule has 3 aliphatic rings. The van der Waals surface area contributed by atoms with E-state index in [4.69, 9.17) is 15.6 Å². The zero-order valence-corrected chi connectivity index (χ0v) is 36.4. The van der Waals surface area contributed by atoms with E-state index in [1.165, 1.54) is 21.5 Å². The Hall–Kier alpha value is -6.55. The lowest BCUT2D eigenvalue weighted by atomic mass is 9.83. The number of aryl methyl sites for hydroxylation is 3. The zero-order chi connectivity index (χ0) is 44.4. The highest BCUT2D eigenvalue weighted by atomic mass is 19.1. The van der Waals surface area contributed by atoms with E-state index < -0.39 is 23.1 Å². The molecule has 10 rings (SSSR count). The number of imidazole rings is 1. The zero-order valence-electron chi connectivity index (χ0n) is 36.4. The summed E-state index contributed by atoms with van der Waals surface area (Å²) < 4.78 is 45.0. The van der Waals surface area contributed by atoms with Crippen LogP contribution in [0.3, 0.4) is 0 Å². The summed E-state index contributed by atoms with van der Waals surface area (Å²) in [7, 11) is 1.72. The molecule has 2 aliphatic heterocycles. The second kappa shape index (κ2) is 14.2. The number of benzene rings is 3. The molecule has 6 heterocycles. The Labute approximate surface area is 361 Å². The van der Waals surface area contributed by atoms with E-state index in [1.807, 2.05) is 30.5 Å². The molecular formula is C47H50F2N10O4. The molecule has 0 unspecified atom stereocenters. The number of amidine groups is 1. The molecule has 1 saturated carbocycles. The fourth-order valence-corrected chi connectivity index (χ4v) is 10.5. The molecular weight excluding hydrogens is 807 g/mol. The molecule has 0 radical (unpaired) electrons. The molecule has 3 N–H and O–H groups in total. The van der Waals surface area contributed by atoms with Crippen LogP contribution in [0.15, 0.2) is 77.1 Å². The van der Waals surface area contributed by atoms with E-state index in [9.17, 15) is 10.0 Å². The molecule has 4 atom stereocenters. The van der Waals surface area contributed by atoms with E-state index >= 15 is 13.6 Å². The van der Waals surface area contributed by atoms with Gasteiger partial charge in [-0.1, -0.05) is 18.1 Å². The van der Waals surface area contributed by atoms with E-state index in [1.54, 1.807) is 65.6 Å². The molecule has 1 aliphatic carbocycles. The van der Waals surface area contributed by atoms with Crippen molar-refractivity contribution in [2.75, 3.05) is 13.2 Å². The van der Waals surface area contributed by atoms with E-state index in [0.717, 1.165) is 29.3 Å². The molecule has 7 aromatic rings. The number of nitrogens with two attached hydrogens (primary N) is 1. The monoisotopic (exact) mass is 856 g/mol. The number of aromatic nitrogens is 7. The van der Waals surface area contributed by atoms with E-state index in [2.05, 4.69) is 36.2 Å². The van der Waals surface area contributed by atoms with Gasteiger partial charge in [0.2, 0.25) is 0 Å². The van der Waals surface area contributed by atoms with Crippen molar-refractivity contribution >= 4 is 33.5 Å². The van der Waals surface area contributed by atoms with Crippen LogP contribution in [-0.2, 0) is 23.7 Å². The lowest BCUT2D eigenvalue weighted by molar-refractivity contribution is -0.0592. The average molecular weight is 857 g/mol. The second-order valence-electron chi connectivity index (χ2n) is 18.3. The predicted molar refractivity (Wildman–Crippen MR) is 234 cm³/mol. The third kappa shape index (κ3) is 6.08. The van der Waals surface area contributed by atoms with Gasteiger partial charge in [0.15, 0.2) is 11.7 Å². The van der Waals surface area contributed by atoms with Gasteiger partial charge in [-0.15, -0.1) is 0 Å². The van der Waals surface area contributed by atoms with Gasteiger partial charge in [0.25, 0.3) is 5.91 Å². The maximum atomic E-state index is 16.1. The van der Waals surface area contributed by atoms with E-state index in [0.29, 0.717) is 71.1 Å². The van der Waals surface area contributed by atoms with Crippen molar-refractivity contribution in [2.24, 2.45) is 23.9 Å². The Bertz CT molecular complexity index is 3110. The Balaban J connectivity index is 1.12. The van der Waals surface area contributed by atoms with Crippen LogP contribution < -0.4 is 11.4 Å². The minimum absolute atomic E-state index is 0.0241. The molecule has 4 aromatic heterocycles. The largest absolute Gasteiger partial charge is 0.409 e. The number of rotatable bonds is 7. The summed E-state index contributed by atoms with van der Waals surface area (Å²) in [6.07, 6.45) is 7.15. The highest BCUT2D eigenvalue weighted by molar-refractivity contribution is 6.02. The molecule has 2 fully saturated rings. The third-order valence-electron chi connectivity index (χ3n) is 13.9. The Kier molecular flexibility index (Phi) is 9.16. The Morgan fingerprint density at radius 3 is 2.40 bits per heavy atom. The lowest BCUT2D eigenvalue weighted by Gasteiger charge is -2.35. The van der Waals surface area contributed by atoms with Gasteiger partial charge in [0.1, 0.15) is 22.9 Å². The van der Waals surface area contributed by atoms with Crippen molar-refractivity contribution < 1.29 is 23.5 Å². The van der Waals surface area contributed by atoms with Crippen molar-refractivity contribution in [3.05, 3.63) is 123 Å². The number of halogens is 2. The average Bonchev–Trinajstić information content (AvgIpc) is 3.69. The van der Waals surface area contributed by atoms with Crippen LogP contribution in [-0.4, -0.2) is 73.9 Å². The van der Waals surface area contributed by atoms with Gasteiger partial charge in [0.05, 0.1) is 45.8 Å². The summed E-state index contributed by atoms with van der Waals surface area (Å²) >= 11 is 0. The first-order valence-corrected chi connectivity index (χ1v) is 21.4. The summed E-state index contributed by atoms with van der Waals surface area (Å²) in [5.41, 5.74) is 10.3. The summed E-state index contributed by atoms with van der Waals surface area (Å²) in [6, 6.07) is 14.2. The minimum Gasteiger partial charge on any atom is -0.409 e. The molecule has 14 nitrogen and oxygen atoms in total. The topological polar surface area (TPSA) is 156 Å². The van der Waals surface area contributed by atoms with Crippen molar-refractivity contribution in [1.29, 1.82) is 0 Å². The number of carbonyl (C=O) groups excluding carboxylic acids is 1. The predicted octanol–water partition coefficient (Wildman–Crippen LogP) is 7.46. The minimum atomic E-state index is -0.924. The van der Waals surface area contributed by atoms with Crippen molar-refractivity contribution in [1.82, 2.24) is 38.2 Å². The summed E-state index contributed by atoms with van der Waals surface area (Å²) in [5, 5.41) is 24.0. The third-order valence-corrected chi connectivity index (χ3v) is 13.9. The SMILES string of the molecule is Cc1cc(-n2nc3c(c2-n2ccn(-c4ccc5c(cnn5C)c4F)c2=O)[C@H](C)N(C(=O)c2cc4cc([C@H]5CCOC(C)(C)C5)ccc4n2[C@@]2(/C(N)=N/O)C[C@@H]2C)CC3)cc(C)c1F. The van der Waals surface area contributed by atoms with Crippen molar-refractivity contribution in [3.63, 3.8) is 0 Å². The van der Waals surface area contributed by atoms with Crippen LogP contribution in [0.25, 0.3) is 39.0 Å². The van der Waals surface area contributed by atoms with Gasteiger partial charge in [-0.2, -0.15) is 10.2 Å². The Morgan fingerprint density at radius 2 is 1.70 bits per heavy atom. The van der Waals surface area contributed by atoms with Gasteiger partial charge in [-0.25, -0.2) is 18.3 Å². The fourth-order valence-electron chi connectivity index (χ4n) is 10.5. The van der Waals surface area contributed by atoms with Crippen LogP contribution in [0, 0.1) is 31.4 Å². The molecule has 1 saturated heterocycles. The molecule has 63 heavy (non-hydrogen) atoms. The number of hydrogen-bond acceptors (Lipinski definition) is 7. The van der Waals surface area contributed by atoms with Crippen LogP contribution in [0.2, 0.25) is 0 Å². The molecule has 16 heteroatoms.